The summed E-state index contributed by atoms with van der Waals surface area (Å²) in [4.78, 5) is 25.2. The van der Waals surface area contributed by atoms with Gasteiger partial charge in [0.15, 0.2) is 5.78 Å². The predicted molar refractivity (Wildman–Crippen MR) is 74.2 cm³/mol. The maximum Gasteiger partial charge on any atom is 0.313 e. The minimum absolute atomic E-state index is 0.0929. The fourth-order valence-electron chi connectivity index (χ4n) is 3.46. The average Bonchev–Trinajstić information content (AvgIpc) is 2.39. The van der Waals surface area contributed by atoms with Crippen LogP contribution in [0.2, 0.25) is 0 Å². The number of carbonyl (C=O) groups is 2. The monoisotopic (exact) mass is 283 g/mol. The zero-order chi connectivity index (χ0) is 14.6. The molecule has 0 aromatic rings. The minimum atomic E-state index is -0.515. The first kappa shape index (κ1) is 15.4. The molecule has 1 aliphatic carbocycles. The normalized spacial score (nSPS) is 30.6. The first-order valence-electron chi connectivity index (χ1n) is 7.65. The van der Waals surface area contributed by atoms with Gasteiger partial charge in [0.2, 0.25) is 0 Å². The lowest BCUT2D eigenvalue weighted by Crippen LogP contribution is -2.54. The number of Topliss-reactive ketones (excluding diaryl/α,β-unsaturated/α-hetero) is 1. The molecule has 0 aromatic heterocycles. The smallest absolute Gasteiger partial charge is 0.313 e. The van der Waals surface area contributed by atoms with Crippen LogP contribution in [-0.4, -0.2) is 53.6 Å². The Bertz CT molecular complexity index is 371. The summed E-state index contributed by atoms with van der Waals surface area (Å²) < 4.78 is 4.79. The molecule has 2 unspecified atom stereocenters. The highest BCUT2D eigenvalue weighted by Gasteiger charge is 2.42. The second-order valence-electron chi connectivity index (χ2n) is 6.05. The van der Waals surface area contributed by atoms with Gasteiger partial charge in [0.25, 0.3) is 0 Å². The number of hydrogen-bond acceptors (Lipinski definition) is 5. The Morgan fingerprint density at radius 2 is 2.15 bits per heavy atom. The van der Waals surface area contributed by atoms with Gasteiger partial charge in [0.1, 0.15) is 6.42 Å². The van der Waals surface area contributed by atoms with Gasteiger partial charge >= 0.3 is 5.97 Å². The van der Waals surface area contributed by atoms with Crippen LogP contribution < -0.4 is 0 Å². The van der Waals surface area contributed by atoms with Crippen LogP contribution in [0.5, 0.6) is 0 Å². The number of ketones is 1. The first-order chi connectivity index (χ1) is 9.53. The lowest BCUT2D eigenvalue weighted by molar-refractivity contribution is -0.146. The van der Waals surface area contributed by atoms with Crippen molar-refractivity contribution in [2.45, 2.75) is 51.0 Å². The van der Waals surface area contributed by atoms with Crippen molar-refractivity contribution >= 4 is 11.8 Å². The van der Waals surface area contributed by atoms with E-state index in [0.29, 0.717) is 13.2 Å². The molecule has 2 rings (SSSR count). The Morgan fingerprint density at radius 1 is 1.35 bits per heavy atom. The molecule has 1 N–H and O–H groups in total. The Hall–Kier alpha value is -0.940. The average molecular weight is 283 g/mol. The Kier molecular flexibility index (Phi) is 5.16. The summed E-state index contributed by atoms with van der Waals surface area (Å²) in [6.45, 7) is 3.85. The van der Waals surface area contributed by atoms with Crippen LogP contribution in [-0.2, 0) is 14.3 Å². The standard InChI is InChI=1S/C15H25NO4/c1-2-20-14(18)9-13(17)11-16-8-7-15(19)6-4-3-5-12(15)10-16/h12,19H,2-11H2,1H3. The van der Waals surface area contributed by atoms with Crippen molar-refractivity contribution in [3.63, 3.8) is 0 Å². The fraction of sp³-hybridized carbons (Fsp3) is 0.867. The Morgan fingerprint density at radius 3 is 2.90 bits per heavy atom. The van der Waals surface area contributed by atoms with Gasteiger partial charge in [0.05, 0.1) is 18.8 Å². The number of likely N-dealkylation sites (tertiary alicyclic amines) is 1. The summed E-state index contributed by atoms with van der Waals surface area (Å²) in [6, 6.07) is 0. The molecule has 5 heteroatoms. The maximum atomic E-state index is 11.8. The highest BCUT2D eigenvalue weighted by Crippen LogP contribution is 2.39. The van der Waals surface area contributed by atoms with Crippen LogP contribution in [0, 0.1) is 5.92 Å². The molecule has 20 heavy (non-hydrogen) atoms. The van der Waals surface area contributed by atoms with Crippen molar-refractivity contribution in [3.8, 4) is 0 Å². The second kappa shape index (κ2) is 6.68. The van der Waals surface area contributed by atoms with E-state index in [1.165, 1.54) is 0 Å². The largest absolute Gasteiger partial charge is 0.466 e. The molecule has 0 radical (unpaired) electrons. The van der Waals surface area contributed by atoms with Gasteiger partial charge in [-0.3, -0.25) is 14.5 Å². The summed E-state index contributed by atoms with van der Waals surface area (Å²) in [6.07, 6.45) is 4.80. The lowest BCUT2D eigenvalue weighted by atomic mass is 9.71. The van der Waals surface area contributed by atoms with Gasteiger partial charge in [-0.1, -0.05) is 12.8 Å². The summed E-state index contributed by atoms with van der Waals surface area (Å²) >= 11 is 0. The number of esters is 1. The molecule has 1 heterocycles. The van der Waals surface area contributed by atoms with E-state index in [1.807, 2.05) is 0 Å². The number of fused-ring (bicyclic) bond motifs is 1. The van der Waals surface area contributed by atoms with E-state index in [4.69, 9.17) is 4.74 Å². The van der Waals surface area contributed by atoms with E-state index in [1.54, 1.807) is 6.92 Å². The minimum Gasteiger partial charge on any atom is -0.466 e. The molecule has 2 atom stereocenters. The zero-order valence-corrected chi connectivity index (χ0v) is 12.3. The van der Waals surface area contributed by atoms with E-state index in [2.05, 4.69) is 4.90 Å². The molecular weight excluding hydrogens is 258 g/mol. The second-order valence-corrected chi connectivity index (χ2v) is 6.05. The number of aliphatic hydroxyl groups is 1. The van der Waals surface area contributed by atoms with Crippen molar-refractivity contribution in [2.75, 3.05) is 26.2 Å². The van der Waals surface area contributed by atoms with E-state index in [-0.39, 0.29) is 18.1 Å². The van der Waals surface area contributed by atoms with Crippen LogP contribution in [0.3, 0.4) is 0 Å². The highest BCUT2D eigenvalue weighted by atomic mass is 16.5. The molecule has 5 nitrogen and oxygen atoms in total. The van der Waals surface area contributed by atoms with Crippen LogP contribution in [0.25, 0.3) is 0 Å². The first-order valence-corrected chi connectivity index (χ1v) is 7.65. The van der Waals surface area contributed by atoms with Crippen LogP contribution in [0.15, 0.2) is 0 Å². The van der Waals surface area contributed by atoms with Gasteiger partial charge in [0, 0.05) is 19.0 Å². The lowest BCUT2D eigenvalue weighted by Gasteiger charge is -2.47. The SMILES string of the molecule is CCOC(=O)CC(=O)CN1CCC2(O)CCCCC2C1. The van der Waals surface area contributed by atoms with Crippen LogP contribution in [0.4, 0.5) is 0 Å². The summed E-state index contributed by atoms with van der Waals surface area (Å²) in [5.74, 6) is -0.256. The van der Waals surface area contributed by atoms with Crippen molar-refractivity contribution in [1.82, 2.24) is 4.90 Å². The molecule has 0 bridgehead atoms. The molecule has 0 aromatic carbocycles. The van der Waals surface area contributed by atoms with E-state index in [0.717, 1.165) is 45.2 Å². The van der Waals surface area contributed by atoms with Crippen molar-refractivity contribution in [2.24, 2.45) is 5.92 Å². The Balaban J connectivity index is 1.80. The topological polar surface area (TPSA) is 66.8 Å². The van der Waals surface area contributed by atoms with Gasteiger partial charge in [-0.05, 0) is 26.2 Å². The molecule has 114 valence electrons. The molecule has 1 saturated carbocycles. The summed E-state index contributed by atoms with van der Waals surface area (Å²) in [7, 11) is 0. The molecule has 1 saturated heterocycles. The summed E-state index contributed by atoms with van der Waals surface area (Å²) in [5.41, 5.74) is -0.515. The third kappa shape index (κ3) is 3.79. The fourth-order valence-corrected chi connectivity index (χ4v) is 3.46. The van der Waals surface area contributed by atoms with E-state index < -0.39 is 11.6 Å². The number of ether oxygens (including phenoxy) is 1. The van der Waals surface area contributed by atoms with Gasteiger partial charge < -0.3 is 9.84 Å². The molecule has 0 amide bonds. The number of carbonyl (C=O) groups excluding carboxylic acids is 2. The predicted octanol–water partition coefficient (Wildman–Crippen LogP) is 1.14. The third-order valence-corrected chi connectivity index (χ3v) is 4.56. The molecule has 1 aliphatic heterocycles. The summed E-state index contributed by atoms with van der Waals surface area (Å²) in [5, 5.41) is 10.6. The van der Waals surface area contributed by atoms with Crippen molar-refractivity contribution < 1.29 is 19.4 Å². The van der Waals surface area contributed by atoms with Crippen LogP contribution in [0.1, 0.15) is 45.4 Å². The number of piperidine rings is 1. The Labute approximate surface area is 120 Å². The number of nitrogens with zero attached hydrogens (tertiary/aromatic N) is 1. The van der Waals surface area contributed by atoms with E-state index in [9.17, 15) is 14.7 Å². The highest BCUT2D eigenvalue weighted by molar-refractivity contribution is 5.96. The zero-order valence-electron chi connectivity index (χ0n) is 12.3. The van der Waals surface area contributed by atoms with Crippen molar-refractivity contribution in [3.05, 3.63) is 0 Å². The van der Waals surface area contributed by atoms with Crippen LogP contribution >= 0.6 is 0 Å². The number of rotatable bonds is 5. The molecule has 0 spiro atoms. The molecular formula is C15H25NO4. The quantitative estimate of drug-likeness (QED) is 0.605. The molecule has 2 fully saturated rings. The van der Waals surface area contributed by atoms with Crippen molar-refractivity contribution in [1.29, 1.82) is 0 Å². The molecule has 2 aliphatic rings. The van der Waals surface area contributed by atoms with Gasteiger partial charge in [-0.2, -0.15) is 0 Å². The third-order valence-electron chi connectivity index (χ3n) is 4.56. The maximum absolute atomic E-state index is 11.8. The van der Waals surface area contributed by atoms with Gasteiger partial charge in [-0.25, -0.2) is 0 Å². The van der Waals surface area contributed by atoms with E-state index >= 15 is 0 Å². The van der Waals surface area contributed by atoms with Gasteiger partial charge in [-0.15, -0.1) is 0 Å². The number of hydrogen-bond donors (Lipinski definition) is 1.